The summed E-state index contributed by atoms with van der Waals surface area (Å²) >= 11 is 0. The van der Waals surface area contributed by atoms with E-state index in [0.29, 0.717) is 24.8 Å². The van der Waals surface area contributed by atoms with Gasteiger partial charge in [0.15, 0.2) is 0 Å². The summed E-state index contributed by atoms with van der Waals surface area (Å²) in [5, 5.41) is 0. The van der Waals surface area contributed by atoms with Crippen LogP contribution in [0.5, 0.6) is 5.75 Å². The van der Waals surface area contributed by atoms with Crippen molar-refractivity contribution < 1.29 is 13.9 Å². The lowest BCUT2D eigenvalue weighted by molar-refractivity contribution is 0.0718. The molecule has 0 N–H and O–H groups in total. The van der Waals surface area contributed by atoms with E-state index in [1.54, 1.807) is 20.0 Å². The topological polar surface area (TPSA) is 45.7 Å². The molecule has 2 aromatic rings. The summed E-state index contributed by atoms with van der Waals surface area (Å²) in [5.41, 5.74) is 1.42. The Hall–Kier alpha value is -2.47. The molecule has 6 heteroatoms. The van der Waals surface area contributed by atoms with Crippen LogP contribution < -0.4 is 4.74 Å². The number of aromatic nitrogens is 1. The van der Waals surface area contributed by atoms with Gasteiger partial charge in [-0.05, 0) is 88.7 Å². The molecular weight excluding hydrogens is 417 g/mol. The molecule has 2 aliphatic heterocycles. The second-order valence-corrected chi connectivity index (χ2v) is 10.1. The van der Waals surface area contributed by atoms with Gasteiger partial charge in [-0.25, -0.2) is 4.39 Å². The number of rotatable bonds is 7. The van der Waals surface area contributed by atoms with Crippen molar-refractivity contribution in [3.63, 3.8) is 0 Å². The molecule has 0 bridgehead atoms. The molecule has 4 rings (SSSR count). The maximum atomic E-state index is 13.8. The molecule has 0 atom stereocenters. The fourth-order valence-corrected chi connectivity index (χ4v) is 4.75. The van der Waals surface area contributed by atoms with Gasteiger partial charge in [0.25, 0.3) is 5.91 Å². The van der Waals surface area contributed by atoms with Crippen LogP contribution in [0.2, 0.25) is 0 Å². The predicted molar refractivity (Wildman–Crippen MR) is 129 cm³/mol. The van der Waals surface area contributed by atoms with Gasteiger partial charge in [0.1, 0.15) is 17.1 Å². The van der Waals surface area contributed by atoms with Crippen LogP contribution in [0.3, 0.4) is 0 Å². The molecule has 0 radical (unpaired) electrons. The molecule has 1 amide bonds. The molecule has 5 nitrogen and oxygen atoms in total. The number of nitrogens with zero attached hydrogens (tertiary/aromatic N) is 3. The number of hydrogen-bond donors (Lipinski definition) is 0. The standard InChI is InChI=1S/C27H36FN3O2/c1-27(2,28)20-30-16-12-21(13-17-30)19-33-24-9-6-22(7-10-24)23-8-11-25(29-18-23)26(32)31-14-4-3-5-15-31/h6-11,18,21H,3-5,12-17,19-20H2,1-2H3. The summed E-state index contributed by atoms with van der Waals surface area (Å²) in [4.78, 5) is 21.1. The molecule has 1 aromatic heterocycles. The highest BCUT2D eigenvalue weighted by molar-refractivity contribution is 5.92. The Balaban J connectivity index is 1.26. The average molecular weight is 454 g/mol. The number of amides is 1. The minimum atomic E-state index is -1.14. The molecule has 2 fully saturated rings. The van der Waals surface area contributed by atoms with Gasteiger partial charge in [-0.15, -0.1) is 0 Å². The second-order valence-electron chi connectivity index (χ2n) is 10.1. The number of likely N-dealkylation sites (tertiary alicyclic amines) is 2. The lowest BCUT2D eigenvalue weighted by Crippen LogP contribution is -2.41. The van der Waals surface area contributed by atoms with Gasteiger partial charge in [0, 0.05) is 31.4 Å². The monoisotopic (exact) mass is 453 g/mol. The van der Waals surface area contributed by atoms with Gasteiger partial charge < -0.3 is 14.5 Å². The number of carbonyl (C=O) groups excluding carboxylic acids is 1. The molecule has 2 saturated heterocycles. The van der Waals surface area contributed by atoms with E-state index in [2.05, 4.69) is 9.88 Å². The number of alkyl halides is 1. The summed E-state index contributed by atoms with van der Waals surface area (Å²) in [6.07, 6.45) is 7.22. The molecule has 178 valence electrons. The lowest BCUT2D eigenvalue weighted by atomic mass is 9.97. The summed E-state index contributed by atoms with van der Waals surface area (Å²) in [6.45, 7) is 8.02. The van der Waals surface area contributed by atoms with Crippen molar-refractivity contribution >= 4 is 5.91 Å². The minimum Gasteiger partial charge on any atom is -0.493 e. The Labute approximate surface area is 196 Å². The van der Waals surface area contributed by atoms with Crippen LogP contribution in [0.25, 0.3) is 11.1 Å². The summed E-state index contributed by atoms with van der Waals surface area (Å²) in [6, 6.07) is 11.8. The van der Waals surface area contributed by atoms with E-state index in [-0.39, 0.29) is 5.91 Å². The van der Waals surface area contributed by atoms with Crippen LogP contribution in [0.4, 0.5) is 4.39 Å². The number of piperidine rings is 2. The Morgan fingerprint density at radius 2 is 1.67 bits per heavy atom. The smallest absolute Gasteiger partial charge is 0.272 e. The number of ether oxygens (including phenoxy) is 1. The van der Waals surface area contributed by atoms with Gasteiger partial charge in [-0.1, -0.05) is 18.2 Å². The fraction of sp³-hybridized carbons (Fsp3) is 0.556. The van der Waals surface area contributed by atoms with Gasteiger partial charge in [-0.3, -0.25) is 9.78 Å². The van der Waals surface area contributed by atoms with Crippen LogP contribution in [-0.2, 0) is 0 Å². The molecular formula is C27H36FN3O2. The van der Waals surface area contributed by atoms with Crippen molar-refractivity contribution in [3.05, 3.63) is 48.3 Å². The largest absolute Gasteiger partial charge is 0.493 e. The maximum Gasteiger partial charge on any atom is 0.272 e. The summed E-state index contributed by atoms with van der Waals surface area (Å²) in [7, 11) is 0. The average Bonchev–Trinajstić information content (AvgIpc) is 2.83. The number of pyridine rings is 1. The van der Waals surface area contributed by atoms with Crippen LogP contribution in [0.15, 0.2) is 42.6 Å². The van der Waals surface area contributed by atoms with Crippen LogP contribution >= 0.6 is 0 Å². The first-order valence-electron chi connectivity index (χ1n) is 12.3. The van der Waals surface area contributed by atoms with E-state index in [4.69, 9.17) is 4.74 Å². The Bertz CT molecular complexity index is 894. The third-order valence-corrected chi connectivity index (χ3v) is 6.61. The quantitative estimate of drug-likeness (QED) is 0.577. The molecule has 2 aliphatic rings. The lowest BCUT2D eigenvalue weighted by Gasteiger charge is -2.34. The highest BCUT2D eigenvalue weighted by Gasteiger charge is 2.25. The number of hydrogen-bond acceptors (Lipinski definition) is 4. The number of halogens is 1. The highest BCUT2D eigenvalue weighted by Crippen LogP contribution is 2.25. The van der Waals surface area contributed by atoms with Gasteiger partial charge >= 0.3 is 0 Å². The minimum absolute atomic E-state index is 0.0317. The van der Waals surface area contributed by atoms with E-state index in [9.17, 15) is 9.18 Å². The van der Waals surface area contributed by atoms with E-state index in [1.165, 1.54) is 6.42 Å². The summed E-state index contributed by atoms with van der Waals surface area (Å²) in [5.74, 6) is 1.40. The van der Waals surface area contributed by atoms with E-state index < -0.39 is 5.67 Å². The van der Waals surface area contributed by atoms with Crippen LogP contribution in [-0.4, -0.2) is 65.7 Å². The zero-order valence-electron chi connectivity index (χ0n) is 19.9. The summed E-state index contributed by atoms with van der Waals surface area (Å²) < 4.78 is 19.9. The molecule has 0 unspecified atom stereocenters. The zero-order valence-corrected chi connectivity index (χ0v) is 19.9. The van der Waals surface area contributed by atoms with Gasteiger partial charge in [-0.2, -0.15) is 0 Å². The molecule has 3 heterocycles. The Morgan fingerprint density at radius 3 is 2.27 bits per heavy atom. The third kappa shape index (κ3) is 6.76. The maximum absolute atomic E-state index is 13.8. The van der Waals surface area contributed by atoms with Crippen LogP contribution in [0.1, 0.15) is 56.4 Å². The highest BCUT2D eigenvalue weighted by atomic mass is 19.1. The van der Waals surface area contributed by atoms with Gasteiger partial charge in [0.2, 0.25) is 0 Å². The predicted octanol–water partition coefficient (Wildman–Crippen LogP) is 5.21. The van der Waals surface area contributed by atoms with Crippen molar-refractivity contribution in [1.82, 2.24) is 14.8 Å². The first-order chi connectivity index (χ1) is 15.9. The van der Waals surface area contributed by atoms with E-state index in [0.717, 1.165) is 68.7 Å². The molecule has 0 aliphatic carbocycles. The second kappa shape index (κ2) is 10.6. The van der Waals surface area contributed by atoms with Crippen molar-refractivity contribution in [3.8, 4) is 16.9 Å². The molecule has 0 spiro atoms. The van der Waals surface area contributed by atoms with Crippen molar-refractivity contribution in [2.45, 2.75) is 51.6 Å². The van der Waals surface area contributed by atoms with Crippen LogP contribution in [0, 0.1) is 5.92 Å². The fourth-order valence-electron chi connectivity index (χ4n) is 4.75. The first kappa shape index (κ1) is 23.7. The van der Waals surface area contributed by atoms with Crippen molar-refractivity contribution in [2.24, 2.45) is 5.92 Å². The SMILES string of the molecule is CC(C)(F)CN1CCC(COc2ccc(-c3ccc(C(=O)N4CCCCC4)nc3)cc2)CC1. The van der Waals surface area contributed by atoms with Crippen molar-refractivity contribution in [1.29, 1.82) is 0 Å². The Morgan fingerprint density at radius 1 is 1.00 bits per heavy atom. The van der Waals surface area contributed by atoms with E-state index in [1.807, 2.05) is 41.3 Å². The van der Waals surface area contributed by atoms with Gasteiger partial charge in [0.05, 0.1) is 6.61 Å². The van der Waals surface area contributed by atoms with E-state index >= 15 is 0 Å². The number of carbonyl (C=O) groups is 1. The molecule has 0 saturated carbocycles. The number of benzene rings is 1. The normalized spacial score (nSPS) is 18.3. The molecule has 1 aromatic carbocycles. The Kier molecular flexibility index (Phi) is 7.63. The van der Waals surface area contributed by atoms with Crippen molar-refractivity contribution in [2.75, 3.05) is 39.3 Å². The first-order valence-corrected chi connectivity index (χ1v) is 12.3. The molecule has 33 heavy (non-hydrogen) atoms. The third-order valence-electron chi connectivity index (χ3n) is 6.61. The zero-order chi connectivity index (χ0) is 23.3.